The molecule has 0 radical (unpaired) electrons. The molecule has 2 aromatic rings. The maximum atomic E-state index is 6.23. The lowest BCUT2D eigenvalue weighted by molar-refractivity contribution is 0.568. The number of hydrogen-bond acceptors (Lipinski definition) is 5. The fraction of sp³-hybridized carbons (Fsp3) is 0.455. The van der Waals surface area contributed by atoms with Gasteiger partial charge in [0.15, 0.2) is 5.01 Å². The first-order valence-corrected chi connectivity index (χ1v) is 7.49. The highest BCUT2D eigenvalue weighted by Gasteiger charge is 2.17. The van der Waals surface area contributed by atoms with E-state index in [1.54, 1.807) is 22.7 Å². The van der Waals surface area contributed by atoms with Crippen LogP contribution in [0.15, 0.2) is 5.38 Å². The van der Waals surface area contributed by atoms with Gasteiger partial charge < -0.3 is 5.32 Å². The van der Waals surface area contributed by atoms with E-state index in [0.29, 0.717) is 0 Å². The molecule has 0 fully saturated rings. The topological polar surface area (TPSA) is 37.8 Å². The van der Waals surface area contributed by atoms with Crippen molar-refractivity contribution in [2.75, 3.05) is 7.05 Å². The SMILES string of the molecule is CCC(NC)c1nnc(-c2scc(C)c2Cl)s1. The second-order valence-corrected chi connectivity index (χ2v) is 6.02. The molecule has 0 saturated carbocycles. The average Bonchev–Trinajstić information content (AvgIpc) is 2.90. The van der Waals surface area contributed by atoms with Crippen LogP contribution in [0.1, 0.15) is 30.0 Å². The third-order valence-electron chi connectivity index (χ3n) is 2.59. The van der Waals surface area contributed by atoms with E-state index in [4.69, 9.17) is 11.6 Å². The molecule has 0 amide bonds. The van der Waals surface area contributed by atoms with Crippen LogP contribution in [-0.4, -0.2) is 17.2 Å². The molecule has 2 rings (SSSR count). The third-order valence-corrected chi connectivity index (χ3v) is 5.48. The first kappa shape index (κ1) is 13.0. The summed E-state index contributed by atoms with van der Waals surface area (Å²) < 4.78 is 0. The largest absolute Gasteiger partial charge is 0.311 e. The van der Waals surface area contributed by atoms with Gasteiger partial charge in [-0.1, -0.05) is 29.9 Å². The fourth-order valence-corrected chi connectivity index (χ4v) is 4.01. The van der Waals surface area contributed by atoms with E-state index in [9.17, 15) is 0 Å². The van der Waals surface area contributed by atoms with Crippen molar-refractivity contribution in [3.8, 4) is 9.88 Å². The van der Waals surface area contributed by atoms with E-state index in [1.165, 1.54) is 0 Å². The molecule has 0 aliphatic carbocycles. The molecule has 0 bridgehead atoms. The number of hydrogen-bond donors (Lipinski definition) is 1. The van der Waals surface area contributed by atoms with Crippen LogP contribution in [0, 0.1) is 6.92 Å². The van der Waals surface area contributed by atoms with Gasteiger partial charge >= 0.3 is 0 Å². The number of nitrogens with zero attached hydrogens (tertiary/aromatic N) is 2. The van der Waals surface area contributed by atoms with Gasteiger partial charge in [0.2, 0.25) is 0 Å². The lowest BCUT2D eigenvalue weighted by Crippen LogP contribution is -2.14. The number of aryl methyl sites for hydroxylation is 1. The van der Waals surface area contributed by atoms with E-state index in [0.717, 1.165) is 31.9 Å². The Morgan fingerprint density at radius 1 is 1.47 bits per heavy atom. The summed E-state index contributed by atoms with van der Waals surface area (Å²) in [5.74, 6) is 0. The van der Waals surface area contributed by atoms with Crippen LogP contribution in [0.4, 0.5) is 0 Å². The zero-order valence-electron chi connectivity index (χ0n) is 9.95. The molecule has 0 spiro atoms. The minimum Gasteiger partial charge on any atom is -0.311 e. The standard InChI is InChI=1S/C11H14ClN3S2/c1-4-7(13-3)10-14-15-11(17-10)9-8(12)6(2)5-16-9/h5,7,13H,4H2,1-3H3. The van der Waals surface area contributed by atoms with Crippen molar-refractivity contribution in [3.63, 3.8) is 0 Å². The van der Waals surface area contributed by atoms with E-state index < -0.39 is 0 Å². The number of thiophene rings is 1. The maximum absolute atomic E-state index is 6.23. The Hall–Kier alpha value is -0.490. The molecule has 0 aliphatic heterocycles. The normalized spacial score (nSPS) is 12.9. The molecular weight excluding hydrogens is 274 g/mol. The van der Waals surface area contributed by atoms with E-state index in [-0.39, 0.29) is 6.04 Å². The van der Waals surface area contributed by atoms with Crippen LogP contribution in [0.25, 0.3) is 9.88 Å². The van der Waals surface area contributed by atoms with E-state index in [2.05, 4.69) is 22.4 Å². The Labute approximate surface area is 114 Å². The van der Waals surface area contributed by atoms with Crippen molar-refractivity contribution in [1.29, 1.82) is 0 Å². The summed E-state index contributed by atoms with van der Waals surface area (Å²) in [6.07, 6.45) is 1.00. The molecule has 1 unspecified atom stereocenters. The van der Waals surface area contributed by atoms with Crippen LogP contribution < -0.4 is 5.32 Å². The maximum Gasteiger partial charge on any atom is 0.159 e. The Morgan fingerprint density at radius 3 is 2.76 bits per heavy atom. The first-order valence-electron chi connectivity index (χ1n) is 5.42. The Morgan fingerprint density at radius 2 is 2.24 bits per heavy atom. The predicted octanol–water partition coefficient (Wildman–Crippen LogP) is 3.90. The van der Waals surface area contributed by atoms with Gasteiger partial charge in [-0.05, 0) is 31.3 Å². The number of rotatable bonds is 4. The molecule has 2 aromatic heterocycles. The smallest absolute Gasteiger partial charge is 0.159 e. The highest BCUT2D eigenvalue weighted by Crippen LogP contribution is 2.38. The van der Waals surface area contributed by atoms with Gasteiger partial charge in [-0.2, -0.15) is 0 Å². The van der Waals surface area contributed by atoms with Crippen LogP contribution in [0.2, 0.25) is 5.02 Å². The van der Waals surface area contributed by atoms with Crippen molar-refractivity contribution >= 4 is 34.3 Å². The molecule has 0 saturated heterocycles. The fourth-order valence-electron chi connectivity index (χ4n) is 1.54. The zero-order valence-corrected chi connectivity index (χ0v) is 12.3. The summed E-state index contributed by atoms with van der Waals surface area (Å²) in [4.78, 5) is 1.03. The Kier molecular flexibility index (Phi) is 4.14. The second kappa shape index (κ2) is 5.44. The van der Waals surface area contributed by atoms with Crippen molar-refractivity contribution < 1.29 is 0 Å². The molecule has 0 aliphatic rings. The van der Waals surface area contributed by atoms with Gasteiger partial charge in [-0.3, -0.25) is 0 Å². The summed E-state index contributed by atoms with van der Waals surface area (Å²) >= 11 is 9.47. The summed E-state index contributed by atoms with van der Waals surface area (Å²) in [6, 6.07) is 0.279. The Bertz CT molecular complexity index is 503. The Balaban J connectivity index is 2.32. The molecular formula is C11H14ClN3S2. The summed E-state index contributed by atoms with van der Waals surface area (Å²) in [6.45, 7) is 4.14. The number of aromatic nitrogens is 2. The van der Waals surface area contributed by atoms with Gasteiger partial charge in [0.25, 0.3) is 0 Å². The highest BCUT2D eigenvalue weighted by atomic mass is 35.5. The molecule has 0 aromatic carbocycles. The monoisotopic (exact) mass is 287 g/mol. The minimum absolute atomic E-state index is 0.279. The zero-order chi connectivity index (χ0) is 12.4. The van der Waals surface area contributed by atoms with Crippen LogP contribution in [0.3, 0.4) is 0 Å². The highest BCUT2D eigenvalue weighted by molar-refractivity contribution is 7.21. The quantitative estimate of drug-likeness (QED) is 0.927. The lowest BCUT2D eigenvalue weighted by atomic mass is 10.2. The molecule has 1 N–H and O–H groups in total. The number of nitrogens with one attached hydrogen (secondary N) is 1. The summed E-state index contributed by atoms with van der Waals surface area (Å²) in [7, 11) is 1.94. The average molecular weight is 288 g/mol. The van der Waals surface area contributed by atoms with Crippen molar-refractivity contribution in [1.82, 2.24) is 15.5 Å². The molecule has 3 nitrogen and oxygen atoms in total. The van der Waals surface area contributed by atoms with Crippen LogP contribution >= 0.6 is 34.3 Å². The molecule has 2 heterocycles. The van der Waals surface area contributed by atoms with Gasteiger partial charge in [-0.25, -0.2) is 0 Å². The lowest BCUT2D eigenvalue weighted by Gasteiger charge is -2.07. The van der Waals surface area contributed by atoms with Crippen LogP contribution in [0.5, 0.6) is 0 Å². The molecule has 1 atom stereocenters. The third kappa shape index (κ3) is 2.52. The number of halogens is 1. The second-order valence-electron chi connectivity index (χ2n) is 3.76. The molecule has 92 valence electrons. The predicted molar refractivity (Wildman–Crippen MR) is 75.1 cm³/mol. The van der Waals surface area contributed by atoms with Gasteiger partial charge in [0.1, 0.15) is 5.01 Å². The minimum atomic E-state index is 0.279. The van der Waals surface area contributed by atoms with E-state index >= 15 is 0 Å². The summed E-state index contributed by atoms with van der Waals surface area (Å²) in [5, 5.41) is 16.5. The molecule has 17 heavy (non-hydrogen) atoms. The van der Waals surface area contributed by atoms with Crippen molar-refractivity contribution in [2.24, 2.45) is 0 Å². The van der Waals surface area contributed by atoms with Gasteiger partial charge in [0.05, 0.1) is 15.9 Å². The van der Waals surface area contributed by atoms with Crippen LogP contribution in [-0.2, 0) is 0 Å². The van der Waals surface area contributed by atoms with Gasteiger partial charge in [-0.15, -0.1) is 21.5 Å². The summed E-state index contributed by atoms with van der Waals surface area (Å²) in [5.41, 5.74) is 1.10. The molecule has 6 heteroatoms. The van der Waals surface area contributed by atoms with Crippen molar-refractivity contribution in [2.45, 2.75) is 26.3 Å². The van der Waals surface area contributed by atoms with Crippen molar-refractivity contribution in [3.05, 3.63) is 21.0 Å². The van der Waals surface area contributed by atoms with E-state index in [1.807, 2.05) is 19.4 Å². The first-order chi connectivity index (χ1) is 8.17. The van der Waals surface area contributed by atoms with Gasteiger partial charge in [0, 0.05) is 0 Å².